The highest BCUT2D eigenvalue weighted by atomic mass is 32.2. The van der Waals surface area contributed by atoms with Crippen molar-refractivity contribution in [2.24, 2.45) is 0 Å². The molecule has 0 unspecified atom stereocenters. The maximum absolute atomic E-state index is 11.8. The Balaban J connectivity index is 1.80. The minimum Gasteiger partial charge on any atom is -0.354 e. The fraction of sp³-hybridized carbons (Fsp3) is 0.357. The Labute approximate surface area is 134 Å². The molecule has 124 valence electrons. The van der Waals surface area contributed by atoms with Crippen molar-refractivity contribution in [3.8, 4) is 0 Å². The third kappa shape index (κ3) is 5.70. The van der Waals surface area contributed by atoms with Gasteiger partial charge in [0.1, 0.15) is 6.54 Å². The van der Waals surface area contributed by atoms with Gasteiger partial charge in [-0.2, -0.15) is 0 Å². The summed E-state index contributed by atoms with van der Waals surface area (Å²) in [6, 6.07) is 8.01. The van der Waals surface area contributed by atoms with Gasteiger partial charge >= 0.3 is 0 Å². The van der Waals surface area contributed by atoms with E-state index in [4.69, 9.17) is 0 Å². The number of hydrogen-bond acceptors (Lipinski definition) is 5. The second kappa shape index (κ2) is 7.23. The van der Waals surface area contributed by atoms with E-state index in [-0.39, 0.29) is 18.3 Å². The molecule has 0 aliphatic heterocycles. The van der Waals surface area contributed by atoms with E-state index in [1.807, 2.05) is 31.2 Å². The van der Waals surface area contributed by atoms with Gasteiger partial charge < -0.3 is 5.32 Å². The molecule has 1 amide bonds. The summed E-state index contributed by atoms with van der Waals surface area (Å²) < 4.78 is 25.6. The predicted octanol–water partition coefficient (Wildman–Crippen LogP) is 0.317. The number of rotatable bonds is 7. The van der Waals surface area contributed by atoms with Crippen LogP contribution >= 0.6 is 0 Å². The predicted molar refractivity (Wildman–Crippen MR) is 86.4 cm³/mol. The van der Waals surface area contributed by atoms with Crippen LogP contribution in [0.1, 0.15) is 11.1 Å². The van der Waals surface area contributed by atoms with Crippen LogP contribution in [0.2, 0.25) is 0 Å². The van der Waals surface area contributed by atoms with Crippen molar-refractivity contribution in [2.75, 3.05) is 17.5 Å². The zero-order valence-electron chi connectivity index (χ0n) is 13.0. The second-order valence-corrected chi connectivity index (χ2v) is 6.95. The minimum absolute atomic E-state index is 0.0216. The summed E-state index contributed by atoms with van der Waals surface area (Å²) in [5, 5.41) is 10.1. The van der Waals surface area contributed by atoms with Crippen LogP contribution in [0.4, 0.5) is 5.82 Å². The van der Waals surface area contributed by atoms with Crippen LogP contribution in [0.3, 0.4) is 0 Å². The topological polar surface area (TPSA) is 106 Å². The first-order valence-electron chi connectivity index (χ1n) is 7.02. The van der Waals surface area contributed by atoms with Crippen LogP contribution in [-0.4, -0.2) is 42.1 Å². The number of hydrogen-bond donors (Lipinski definition) is 2. The molecular formula is C14H19N5O3S. The van der Waals surface area contributed by atoms with E-state index < -0.39 is 10.0 Å². The summed E-state index contributed by atoms with van der Waals surface area (Å²) in [5.41, 5.74) is 2.38. The van der Waals surface area contributed by atoms with Gasteiger partial charge in [0.15, 0.2) is 5.82 Å². The lowest BCUT2D eigenvalue weighted by molar-refractivity contribution is -0.121. The zero-order valence-corrected chi connectivity index (χ0v) is 13.8. The number of carbonyl (C=O) groups is 1. The third-order valence-electron chi connectivity index (χ3n) is 3.11. The van der Waals surface area contributed by atoms with E-state index in [0.717, 1.165) is 12.7 Å². The van der Waals surface area contributed by atoms with Gasteiger partial charge in [0.05, 0.1) is 12.5 Å². The molecule has 0 spiro atoms. The number of anilines is 1. The van der Waals surface area contributed by atoms with Gasteiger partial charge in [0.25, 0.3) is 0 Å². The summed E-state index contributed by atoms with van der Waals surface area (Å²) in [6.45, 7) is 2.53. The van der Waals surface area contributed by atoms with Crippen LogP contribution in [0.5, 0.6) is 0 Å². The summed E-state index contributed by atoms with van der Waals surface area (Å²) in [5.74, 6) is -0.130. The van der Waals surface area contributed by atoms with E-state index in [2.05, 4.69) is 20.4 Å². The Hall–Kier alpha value is -2.42. The largest absolute Gasteiger partial charge is 0.354 e. The van der Waals surface area contributed by atoms with Crippen LogP contribution < -0.4 is 10.0 Å². The van der Waals surface area contributed by atoms with Gasteiger partial charge in [-0.25, -0.2) is 13.1 Å². The van der Waals surface area contributed by atoms with Gasteiger partial charge in [0.2, 0.25) is 15.9 Å². The molecule has 8 nitrogen and oxygen atoms in total. The van der Waals surface area contributed by atoms with Crippen molar-refractivity contribution in [1.29, 1.82) is 0 Å². The highest BCUT2D eigenvalue weighted by molar-refractivity contribution is 7.92. The summed E-state index contributed by atoms with van der Waals surface area (Å²) in [7, 11) is -3.41. The third-order valence-corrected chi connectivity index (χ3v) is 3.69. The first kappa shape index (κ1) is 16.9. The zero-order chi connectivity index (χ0) is 16.9. The molecule has 0 bridgehead atoms. The number of aryl methyl sites for hydroxylation is 1. The molecule has 1 aromatic carbocycles. The lowest BCUT2D eigenvalue weighted by atomic mass is 10.1. The first-order chi connectivity index (χ1) is 10.8. The van der Waals surface area contributed by atoms with Crippen molar-refractivity contribution < 1.29 is 13.2 Å². The summed E-state index contributed by atoms with van der Waals surface area (Å²) in [6.07, 6.45) is 3.13. The molecule has 0 saturated carbocycles. The lowest BCUT2D eigenvalue weighted by Gasteiger charge is -2.07. The molecule has 0 saturated heterocycles. The highest BCUT2D eigenvalue weighted by Crippen LogP contribution is 2.07. The Morgan fingerprint density at radius 2 is 2.04 bits per heavy atom. The van der Waals surface area contributed by atoms with Gasteiger partial charge in [-0.05, 0) is 24.5 Å². The van der Waals surface area contributed by atoms with Crippen LogP contribution in [0.15, 0.2) is 30.5 Å². The number of sulfonamides is 1. The number of carbonyl (C=O) groups excluding carboxylic acids is 1. The molecular weight excluding hydrogens is 318 g/mol. The highest BCUT2D eigenvalue weighted by Gasteiger charge is 2.09. The average Bonchev–Trinajstić information content (AvgIpc) is 2.85. The molecule has 1 aromatic heterocycles. The lowest BCUT2D eigenvalue weighted by Crippen LogP contribution is -2.29. The van der Waals surface area contributed by atoms with E-state index >= 15 is 0 Å². The Morgan fingerprint density at radius 1 is 1.30 bits per heavy atom. The number of benzene rings is 1. The molecule has 2 rings (SSSR count). The molecule has 2 aromatic rings. The smallest absolute Gasteiger partial charge is 0.241 e. The number of nitrogens with zero attached hydrogens (tertiary/aromatic N) is 3. The molecule has 9 heteroatoms. The van der Waals surface area contributed by atoms with E-state index in [1.54, 1.807) is 0 Å². The number of nitrogens with one attached hydrogen (secondary N) is 2. The molecule has 1 heterocycles. The molecule has 0 aliphatic carbocycles. The van der Waals surface area contributed by atoms with Crippen molar-refractivity contribution in [3.05, 3.63) is 41.6 Å². The SMILES string of the molecule is Cc1ccccc1CCNC(=O)Cn1cc(NS(C)(=O)=O)nn1. The molecule has 23 heavy (non-hydrogen) atoms. The van der Waals surface area contributed by atoms with Crippen molar-refractivity contribution >= 4 is 21.7 Å². The molecule has 0 radical (unpaired) electrons. The first-order valence-corrected chi connectivity index (χ1v) is 8.92. The van der Waals surface area contributed by atoms with Gasteiger partial charge in [-0.1, -0.05) is 29.5 Å². The number of aromatic nitrogens is 3. The normalized spacial score (nSPS) is 11.2. The molecule has 0 aliphatic rings. The summed E-state index contributed by atoms with van der Waals surface area (Å²) in [4.78, 5) is 11.8. The Morgan fingerprint density at radius 3 is 2.74 bits per heavy atom. The van der Waals surface area contributed by atoms with E-state index in [9.17, 15) is 13.2 Å². The minimum atomic E-state index is -3.41. The molecule has 0 fully saturated rings. The quantitative estimate of drug-likeness (QED) is 0.757. The number of amides is 1. The van der Waals surface area contributed by atoms with Gasteiger partial charge in [-0.3, -0.25) is 9.52 Å². The Bertz CT molecular complexity index is 785. The van der Waals surface area contributed by atoms with E-state index in [1.165, 1.54) is 22.0 Å². The van der Waals surface area contributed by atoms with E-state index in [0.29, 0.717) is 6.54 Å². The van der Waals surface area contributed by atoms with Crippen molar-refractivity contribution in [2.45, 2.75) is 19.9 Å². The van der Waals surface area contributed by atoms with Crippen molar-refractivity contribution in [1.82, 2.24) is 20.3 Å². The van der Waals surface area contributed by atoms with Gasteiger partial charge in [-0.15, -0.1) is 5.10 Å². The maximum atomic E-state index is 11.8. The maximum Gasteiger partial charge on any atom is 0.241 e. The van der Waals surface area contributed by atoms with Crippen molar-refractivity contribution in [3.63, 3.8) is 0 Å². The Kier molecular flexibility index (Phi) is 5.32. The average molecular weight is 337 g/mol. The fourth-order valence-electron chi connectivity index (χ4n) is 2.04. The standard InChI is InChI=1S/C14H19N5O3S/c1-11-5-3-4-6-12(11)7-8-15-14(20)10-19-9-13(16-18-19)17-23(2,21)22/h3-6,9,17H,7-8,10H2,1-2H3,(H,15,20). The summed E-state index contributed by atoms with van der Waals surface area (Å²) >= 11 is 0. The van der Waals surface area contributed by atoms with Gasteiger partial charge in [0, 0.05) is 6.54 Å². The molecule has 0 atom stereocenters. The van der Waals surface area contributed by atoms with Crippen LogP contribution in [-0.2, 0) is 27.8 Å². The van der Waals surface area contributed by atoms with Crippen LogP contribution in [0.25, 0.3) is 0 Å². The fourth-order valence-corrected chi connectivity index (χ4v) is 2.52. The second-order valence-electron chi connectivity index (χ2n) is 5.20. The van der Waals surface area contributed by atoms with Crippen LogP contribution in [0, 0.1) is 6.92 Å². The molecule has 2 N–H and O–H groups in total. The monoisotopic (exact) mass is 337 g/mol.